The molecule has 0 heterocycles. The van der Waals surface area contributed by atoms with Crippen molar-refractivity contribution in [3.8, 4) is 5.75 Å². The highest BCUT2D eigenvalue weighted by molar-refractivity contribution is 6.67. The fourth-order valence-corrected chi connectivity index (χ4v) is 1.01. The third kappa shape index (κ3) is 5.30. The molecule has 0 fully saturated rings. The highest BCUT2D eigenvalue weighted by Crippen LogP contribution is 2.26. The fourth-order valence-electron chi connectivity index (χ4n) is 0.846. The third-order valence-corrected chi connectivity index (χ3v) is 1.81. The lowest BCUT2D eigenvalue weighted by Crippen LogP contribution is -2.21. The smallest absolute Gasteiger partial charge is 0.411 e. The maximum absolute atomic E-state index is 11.2. The molecule has 1 aromatic rings. The Morgan fingerprint density at radius 2 is 1.88 bits per heavy atom. The topological polar surface area (TPSA) is 58.6 Å². The van der Waals surface area contributed by atoms with Crippen LogP contribution in [0.3, 0.4) is 0 Å². The predicted octanol–water partition coefficient (Wildman–Crippen LogP) is 3.31. The van der Waals surface area contributed by atoms with E-state index in [2.05, 4.69) is 10.1 Å². The zero-order chi connectivity index (χ0) is 12.2. The van der Waals surface area contributed by atoms with Gasteiger partial charge >= 0.3 is 6.09 Å². The van der Waals surface area contributed by atoms with Gasteiger partial charge in [-0.3, -0.25) is 5.32 Å². The lowest BCUT2D eigenvalue weighted by atomic mass is 10.3. The molecule has 0 saturated carbocycles. The molecular weight excluding hydrogens is 276 g/mol. The van der Waals surface area contributed by atoms with E-state index < -0.39 is 9.89 Å². The number of ether oxygens (including phenoxy) is 1. The molecule has 0 unspecified atom stereocenters. The number of hydrogen-bond acceptors (Lipinski definition) is 3. The first kappa shape index (κ1) is 13.2. The molecule has 0 bridgehead atoms. The van der Waals surface area contributed by atoms with E-state index >= 15 is 0 Å². The predicted molar refractivity (Wildman–Crippen MR) is 63.4 cm³/mol. The summed E-state index contributed by atoms with van der Waals surface area (Å²) >= 11 is 16.2. The van der Waals surface area contributed by atoms with Crippen molar-refractivity contribution in [3.63, 3.8) is 0 Å². The summed E-state index contributed by atoms with van der Waals surface area (Å²) in [5, 5.41) is 11.4. The Morgan fingerprint density at radius 1 is 1.31 bits per heavy atom. The molecule has 1 amide bonds. The second kappa shape index (κ2) is 5.48. The van der Waals surface area contributed by atoms with Crippen molar-refractivity contribution >= 4 is 46.6 Å². The van der Waals surface area contributed by atoms with E-state index in [1.54, 1.807) is 0 Å². The molecule has 0 saturated heterocycles. The minimum absolute atomic E-state index is 0.0974. The number of halogens is 3. The number of nitrogens with one attached hydrogen (secondary N) is 1. The van der Waals surface area contributed by atoms with Crippen LogP contribution in [0.2, 0.25) is 0 Å². The molecule has 0 atom stereocenters. The second-order valence-electron chi connectivity index (χ2n) is 2.86. The van der Waals surface area contributed by atoms with Gasteiger partial charge in [0, 0.05) is 5.69 Å². The van der Waals surface area contributed by atoms with Crippen molar-refractivity contribution in [3.05, 3.63) is 24.3 Å². The van der Waals surface area contributed by atoms with Crippen LogP contribution in [0.1, 0.15) is 0 Å². The summed E-state index contributed by atoms with van der Waals surface area (Å²) < 4.78 is 3.00. The van der Waals surface area contributed by atoms with E-state index in [0.29, 0.717) is 5.69 Å². The van der Waals surface area contributed by atoms with Crippen LogP contribution in [0.15, 0.2) is 24.3 Å². The minimum atomic E-state index is -1.63. The Bertz CT molecular complexity index is 361. The summed E-state index contributed by atoms with van der Waals surface area (Å²) in [6, 6.07) is 5.85. The molecule has 4 nitrogen and oxygen atoms in total. The molecule has 7 heteroatoms. The van der Waals surface area contributed by atoms with Gasteiger partial charge in [0.05, 0.1) is 0 Å². The van der Waals surface area contributed by atoms with Crippen LogP contribution in [0.25, 0.3) is 0 Å². The standard InChI is InChI=1S/C9H8Cl3NO3/c10-9(11,12)5-16-8(15)13-6-1-3-7(14)4-2-6/h1-4,14H,5H2,(H,13,15). The van der Waals surface area contributed by atoms with Crippen molar-refractivity contribution in [2.45, 2.75) is 3.79 Å². The van der Waals surface area contributed by atoms with Gasteiger partial charge in [0.2, 0.25) is 3.79 Å². The lowest BCUT2D eigenvalue weighted by Gasteiger charge is -2.11. The Morgan fingerprint density at radius 3 is 2.38 bits per heavy atom. The summed E-state index contributed by atoms with van der Waals surface area (Å²) in [6.07, 6.45) is -0.739. The number of anilines is 1. The maximum Gasteiger partial charge on any atom is 0.411 e. The minimum Gasteiger partial charge on any atom is -0.508 e. The van der Waals surface area contributed by atoms with Gasteiger partial charge in [0.1, 0.15) is 12.4 Å². The van der Waals surface area contributed by atoms with Gasteiger partial charge in [0.15, 0.2) is 0 Å². The number of alkyl halides is 3. The summed E-state index contributed by atoms with van der Waals surface area (Å²) in [7, 11) is 0. The van der Waals surface area contributed by atoms with Crippen LogP contribution in [0.5, 0.6) is 5.75 Å². The third-order valence-electron chi connectivity index (χ3n) is 1.48. The van der Waals surface area contributed by atoms with Crippen molar-refractivity contribution in [1.29, 1.82) is 0 Å². The summed E-state index contributed by atoms with van der Waals surface area (Å²) in [4.78, 5) is 11.2. The van der Waals surface area contributed by atoms with Gasteiger partial charge in [-0.25, -0.2) is 4.79 Å². The molecule has 0 radical (unpaired) electrons. The van der Waals surface area contributed by atoms with Crippen molar-refractivity contribution < 1.29 is 14.6 Å². The SMILES string of the molecule is O=C(Nc1ccc(O)cc1)OCC(Cl)(Cl)Cl. The van der Waals surface area contributed by atoms with E-state index in [1.165, 1.54) is 24.3 Å². The Balaban J connectivity index is 2.43. The molecule has 1 rings (SSSR count). The van der Waals surface area contributed by atoms with Gasteiger partial charge < -0.3 is 9.84 Å². The zero-order valence-electron chi connectivity index (χ0n) is 7.91. The Kier molecular flexibility index (Phi) is 4.53. The first-order valence-electron chi connectivity index (χ1n) is 4.16. The summed E-state index contributed by atoms with van der Waals surface area (Å²) in [5.74, 6) is 0.0974. The number of benzene rings is 1. The monoisotopic (exact) mass is 283 g/mol. The van der Waals surface area contributed by atoms with Gasteiger partial charge in [-0.2, -0.15) is 0 Å². The first-order chi connectivity index (χ1) is 7.37. The number of phenolic OH excluding ortho intramolecular Hbond substituents is 1. The number of rotatable bonds is 2. The number of carbonyl (C=O) groups excluding carboxylic acids is 1. The lowest BCUT2D eigenvalue weighted by molar-refractivity contribution is 0.164. The molecule has 0 spiro atoms. The van der Waals surface area contributed by atoms with E-state index in [-0.39, 0.29) is 12.4 Å². The average Bonchev–Trinajstić information content (AvgIpc) is 2.18. The van der Waals surface area contributed by atoms with Crippen LogP contribution in [-0.4, -0.2) is 21.6 Å². The van der Waals surface area contributed by atoms with Gasteiger partial charge in [0.25, 0.3) is 0 Å². The fraction of sp³-hybridized carbons (Fsp3) is 0.222. The molecule has 1 aromatic carbocycles. The molecule has 0 aromatic heterocycles. The highest BCUT2D eigenvalue weighted by Gasteiger charge is 2.22. The summed E-state index contributed by atoms with van der Waals surface area (Å²) in [6.45, 7) is -0.346. The number of aromatic hydroxyl groups is 1. The van der Waals surface area contributed by atoms with E-state index in [0.717, 1.165) is 0 Å². The largest absolute Gasteiger partial charge is 0.508 e. The van der Waals surface area contributed by atoms with Crippen molar-refractivity contribution in [2.24, 2.45) is 0 Å². The first-order valence-corrected chi connectivity index (χ1v) is 5.30. The number of hydrogen-bond donors (Lipinski definition) is 2. The second-order valence-corrected chi connectivity index (χ2v) is 5.38. The molecular formula is C9H8Cl3NO3. The highest BCUT2D eigenvalue weighted by atomic mass is 35.6. The van der Waals surface area contributed by atoms with Crippen LogP contribution in [0, 0.1) is 0 Å². The van der Waals surface area contributed by atoms with Gasteiger partial charge in [-0.1, -0.05) is 34.8 Å². The molecule has 0 aliphatic carbocycles. The Labute approximate surface area is 107 Å². The average molecular weight is 285 g/mol. The van der Waals surface area contributed by atoms with Crippen LogP contribution < -0.4 is 5.32 Å². The molecule has 2 N–H and O–H groups in total. The van der Waals surface area contributed by atoms with Crippen molar-refractivity contribution in [1.82, 2.24) is 0 Å². The molecule has 0 aliphatic heterocycles. The van der Waals surface area contributed by atoms with Crippen LogP contribution in [0.4, 0.5) is 10.5 Å². The quantitative estimate of drug-likeness (QED) is 0.647. The van der Waals surface area contributed by atoms with E-state index in [1.807, 2.05) is 0 Å². The zero-order valence-corrected chi connectivity index (χ0v) is 10.2. The van der Waals surface area contributed by atoms with E-state index in [9.17, 15) is 4.79 Å². The molecule has 16 heavy (non-hydrogen) atoms. The number of amides is 1. The molecule has 88 valence electrons. The number of phenols is 1. The Hall–Kier alpha value is -0.840. The van der Waals surface area contributed by atoms with E-state index in [4.69, 9.17) is 39.9 Å². The van der Waals surface area contributed by atoms with Crippen molar-refractivity contribution in [2.75, 3.05) is 11.9 Å². The van der Waals surface area contributed by atoms with Gasteiger partial charge in [-0.05, 0) is 24.3 Å². The molecule has 0 aliphatic rings. The van der Waals surface area contributed by atoms with Crippen LogP contribution >= 0.6 is 34.8 Å². The number of carbonyl (C=O) groups is 1. The van der Waals surface area contributed by atoms with Gasteiger partial charge in [-0.15, -0.1) is 0 Å². The normalized spacial score (nSPS) is 10.9. The maximum atomic E-state index is 11.2. The summed E-state index contributed by atoms with van der Waals surface area (Å²) in [5.41, 5.74) is 0.465. The van der Waals surface area contributed by atoms with Crippen LogP contribution in [-0.2, 0) is 4.74 Å².